The fourth-order valence-electron chi connectivity index (χ4n) is 4.14. The maximum absolute atomic E-state index is 13.6. The molecule has 2 aromatic carbocycles. The van der Waals surface area contributed by atoms with E-state index in [2.05, 4.69) is 15.9 Å². The van der Waals surface area contributed by atoms with Crippen LogP contribution in [0.25, 0.3) is 16.7 Å². The highest BCUT2D eigenvalue weighted by molar-refractivity contribution is 9.10. The molecule has 0 unspecified atom stereocenters. The molecule has 0 radical (unpaired) electrons. The standard InChI is InChI=1S/C24H18BrNO5S/c1-24(2)13-10-12(30-3)8-9-15(13)26-18(24)11-16-19(22(26)28)20(27)21(23(29)31-16)32-17-7-5-4-6-14(17)25/h4-11,27H,1-3H3. The average Bonchev–Trinajstić information content (AvgIpc) is 2.98. The van der Waals surface area contributed by atoms with Gasteiger partial charge in [-0.25, -0.2) is 4.79 Å². The van der Waals surface area contributed by atoms with Crippen molar-refractivity contribution >= 4 is 38.7 Å². The Hall–Kier alpha value is -2.97. The normalized spacial score (nSPS) is 13.8. The number of hydrogen-bond acceptors (Lipinski definition) is 6. The second-order valence-corrected chi connectivity index (χ2v) is 9.92. The van der Waals surface area contributed by atoms with Gasteiger partial charge in [-0.05, 0) is 51.8 Å². The summed E-state index contributed by atoms with van der Waals surface area (Å²) < 4.78 is 13.2. The zero-order chi connectivity index (χ0) is 22.8. The predicted molar refractivity (Wildman–Crippen MR) is 127 cm³/mol. The molecule has 3 heterocycles. The minimum Gasteiger partial charge on any atom is -0.505 e. The summed E-state index contributed by atoms with van der Waals surface area (Å²) in [5.74, 6) is 0.306. The number of aromatic hydroxyl groups is 1. The van der Waals surface area contributed by atoms with E-state index in [4.69, 9.17) is 9.15 Å². The first-order valence-electron chi connectivity index (χ1n) is 9.81. The van der Waals surface area contributed by atoms with Crippen LogP contribution in [0.4, 0.5) is 0 Å². The van der Waals surface area contributed by atoms with Gasteiger partial charge in [0.2, 0.25) is 0 Å². The number of fused-ring (bicyclic) bond motifs is 4. The monoisotopic (exact) mass is 511 g/mol. The van der Waals surface area contributed by atoms with Crippen LogP contribution in [0.5, 0.6) is 11.5 Å². The van der Waals surface area contributed by atoms with Gasteiger partial charge in [-0.3, -0.25) is 9.36 Å². The lowest BCUT2D eigenvalue weighted by Gasteiger charge is -2.20. The summed E-state index contributed by atoms with van der Waals surface area (Å²) in [6.07, 6.45) is 0. The number of pyridine rings is 1. The van der Waals surface area contributed by atoms with Gasteiger partial charge >= 0.3 is 5.63 Å². The third-order valence-electron chi connectivity index (χ3n) is 5.82. The molecule has 0 saturated heterocycles. The van der Waals surface area contributed by atoms with E-state index in [1.54, 1.807) is 29.9 Å². The van der Waals surface area contributed by atoms with Crippen molar-refractivity contribution in [1.82, 2.24) is 4.57 Å². The zero-order valence-electron chi connectivity index (χ0n) is 17.4. The summed E-state index contributed by atoms with van der Waals surface area (Å²) in [5, 5.41) is 11.0. The lowest BCUT2D eigenvalue weighted by atomic mass is 9.83. The fourth-order valence-corrected chi connectivity index (χ4v) is 5.53. The van der Waals surface area contributed by atoms with Gasteiger partial charge in [0.25, 0.3) is 5.56 Å². The average molecular weight is 512 g/mol. The van der Waals surface area contributed by atoms with E-state index in [0.29, 0.717) is 22.0 Å². The van der Waals surface area contributed by atoms with E-state index in [9.17, 15) is 14.7 Å². The molecule has 1 aliphatic rings. The molecule has 1 N–H and O–H groups in total. The Balaban J connectivity index is 1.79. The molecule has 162 valence electrons. The third-order valence-corrected chi connectivity index (χ3v) is 7.91. The van der Waals surface area contributed by atoms with E-state index in [1.165, 1.54) is 0 Å². The second-order valence-electron chi connectivity index (χ2n) is 8.02. The number of rotatable bonds is 3. The molecule has 0 amide bonds. The highest BCUT2D eigenvalue weighted by Crippen LogP contribution is 2.45. The Kier molecular flexibility index (Phi) is 4.76. The van der Waals surface area contributed by atoms with Gasteiger partial charge in [-0.15, -0.1) is 0 Å². The summed E-state index contributed by atoms with van der Waals surface area (Å²) in [4.78, 5) is 27.1. The van der Waals surface area contributed by atoms with Crippen molar-refractivity contribution in [1.29, 1.82) is 0 Å². The molecule has 0 bridgehead atoms. The first-order chi connectivity index (χ1) is 15.2. The van der Waals surface area contributed by atoms with E-state index in [1.807, 2.05) is 44.2 Å². The smallest absolute Gasteiger partial charge is 0.354 e. The van der Waals surface area contributed by atoms with Gasteiger partial charge in [0, 0.05) is 26.5 Å². The molecule has 8 heteroatoms. The Labute approximate surface area is 195 Å². The summed E-state index contributed by atoms with van der Waals surface area (Å²) in [6.45, 7) is 3.98. The maximum atomic E-state index is 13.6. The Morgan fingerprint density at radius 2 is 1.88 bits per heavy atom. The lowest BCUT2D eigenvalue weighted by molar-refractivity contribution is 0.413. The van der Waals surface area contributed by atoms with Crippen molar-refractivity contribution in [3.63, 3.8) is 0 Å². The summed E-state index contributed by atoms with van der Waals surface area (Å²) in [7, 11) is 1.59. The summed E-state index contributed by atoms with van der Waals surface area (Å²) in [5.41, 5.74) is 0.686. The lowest BCUT2D eigenvalue weighted by Crippen LogP contribution is -2.24. The quantitative estimate of drug-likeness (QED) is 0.406. The number of methoxy groups -OCH3 is 1. The number of aromatic nitrogens is 1. The van der Waals surface area contributed by atoms with Crippen LogP contribution in [0.2, 0.25) is 0 Å². The molecule has 32 heavy (non-hydrogen) atoms. The van der Waals surface area contributed by atoms with Crippen LogP contribution in [0.1, 0.15) is 25.1 Å². The second kappa shape index (κ2) is 7.28. The largest absolute Gasteiger partial charge is 0.505 e. The van der Waals surface area contributed by atoms with Crippen LogP contribution in [0.3, 0.4) is 0 Å². The molecule has 0 aliphatic carbocycles. The van der Waals surface area contributed by atoms with Crippen LogP contribution in [-0.2, 0) is 5.41 Å². The Bertz CT molecular complexity index is 1540. The topological polar surface area (TPSA) is 81.7 Å². The summed E-state index contributed by atoms with van der Waals surface area (Å²) in [6, 6.07) is 14.5. The van der Waals surface area contributed by atoms with Crippen molar-refractivity contribution in [2.75, 3.05) is 7.11 Å². The molecule has 0 fully saturated rings. The molecule has 1 aliphatic heterocycles. The molecular weight excluding hydrogens is 494 g/mol. The number of benzene rings is 2. The predicted octanol–water partition coefficient (Wildman–Crippen LogP) is 5.21. The van der Waals surface area contributed by atoms with Crippen molar-refractivity contribution < 1.29 is 14.3 Å². The van der Waals surface area contributed by atoms with Gasteiger partial charge in [0.1, 0.15) is 21.6 Å². The minimum atomic E-state index is -0.699. The van der Waals surface area contributed by atoms with E-state index >= 15 is 0 Å². The third kappa shape index (κ3) is 2.93. The van der Waals surface area contributed by atoms with Crippen molar-refractivity contribution in [3.05, 3.63) is 85.0 Å². The van der Waals surface area contributed by atoms with Crippen LogP contribution in [0.15, 0.2) is 76.8 Å². The van der Waals surface area contributed by atoms with Gasteiger partial charge in [0.05, 0.1) is 12.8 Å². The van der Waals surface area contributed by atoms with Crippen molar-refractivity contribution in [2.45, 2.75) is 29.1 Å². The first kappa shape index (κ1) is 20.9. The molecule has 4 aromatic rings. The van der Waals surface area contributed by atoms with Crippen LogP contribution in [0, 0.1) is 0 Å². The van der Waals surface area contributed by atoms with E-state index in [-0.39, 0.29) is 21.6 Å². The SMILES string of the molecule is COc1ccc2c(c1)C(C)(C)c1cc3oc(=O)c(Sc4ccccc4Br)c(O)c3c(=O)n1-2. The van der Waals surface area contributed by atoms with Gasteiger partial charge < -0.3 is 14.3 Å². The Morgan fingerprint density at radius 1 is 1.12 bits per heavy atom. The van der Waals surface area contributed by atoms with Crippen molar-refractivity contribution in [3.8, 4) is 17.2 Å². The molecule has 6 nitrogen and oxygen atoms in total. The fraction of sp³-hybridized carbons (Fsp3) is 0.167. The van der Waals surface area contributed by atoms with E-state index in [0.717, 1.165) is 21.8 Å². The number of hydrogen-bond donors (Lipinski definition) is 1. The number of halogens is 1. The van der Waals surface area contributed by atoms with Gasteiger partial charge in [0.15, 0.2) is 5.75 Å². The molecular formula is C24H18BrNO5S. The molecule has 2 aromatic heterocycles. The number of nitrogens with zero attached hydrogens (tertiary/aromatic N) is 1. The maximum Gasteiger partial charge on any atom is 0.354 e. The molecule has 0 atom stereocenters. The van der Waals surface area contributed by atoms with Crippen LogP contribution >= 0.6 is 27.7 Å². The first-order valence-corrected chi connectivity index (χ1v) is 11.4. The van der Waals surface area contributed by atoms with Crippen molar-refractivity contribution in [2.24, 2.45) is 0 Å². The summed E-state index contributed by atoms with van der Waals surface area (Å²) >= 11 is 4.49. The Morgan fingerprint density at radius 3 is 2.59 bits per heavy atom. The molecule has 0 saturated carbocycles. The van der Waals surface area contributed by atoms with Gasteiger partial charge in [-0.2, -0.15) is 0 Å². The highest BCUT2D eigenvalue weighted by atomic mass is 79.9. The molecule has 0 spiro atoms. The number of ether oxygens (including phenoxy) is 1. The minimum absolute atomic E-state index is 0.0256. The zero-order valence-corrected chi connectivity index (χ0v) is 19.8. The molecule has 5 rings (SSSR count). The van der Waals surface area contributed by atoms with Gasteiger partial charge in [-0.1, -0.05) is 37.7 Å². The van der Waals surface area contributed by atoms with E-state index < -0.39 is 16.6 Å². The van der Waals surface area contributed by atoms with Crippen LogP contribution in [-0.4, -0.2) is 16.8 Å². The van der Waals surface area contributed by atoms with Crippen LogP contribution < -0.4 is 15.9 Å². The highest BCUT2D eigenvalue weighted by Gasteiger charge is 2.38.